The molecule has 5 rings (SSSR count). The quantitative estimate of drug-likeness (QED) is 0.495. The van der Waals surface area contributed by atoms with Crippen LogP contribution in [0.3, 0.4) is 0 Å². The monoisotopic (exact) mass is 518 g/mol. The lowest BCUT2D eigenvalue weighted by Crippen LogP contribution is -2.40. The number of aromatic amines is 1. The van der Waals surface area contributed by atoms with Gasteiger partial charge >= 0.3 is 12.1 Å². The number of likely N-dealkylation sites (tertiary alicyclic amines) is 1. The van der Waals surface area contributed by atoms with Crippen molar-refractivity contribution in [3.63, 3.8) is 0 Å². The molecule has 1 aromatic carbocycles. The van der Waals surface area contributed by atoms with Gasteiger partial charge in [0.15, 0.2) is 5.65 Å². The highest BCUT2D eigenvalue weighted by Crippen LogP contribution is 2.33. The van der Waals surface area contributed by atoms with Crippen molar-refractivity contribution in [2.24, 2.45) is 0 Å². The van der Waals surface area contributed by atoms with E-state index in [2.05, 4.69) is 14.7 Å². The number of halogens is 3. The van der Waals surface area contributed by atoms with E-state index >= 15 is 0 Å². The van der Waals surface area contributed by atoms with Crippen LogP contribution in [0.5, 0.6) is 5.75 Å². The number of hydrogen-bond donors (Lipinski definition) is 2. The third kappa shape index (κ3) is 5.66. The second kappa shape index (κ2) is 10.2. The second-order valence-electron chi connectivity index (χ2n) is 9.90. The van der Waals surface area contributed by atoms with Crippen LogP contribution in [0.2, 0.25) is 0 Å². The number of fused-ring (bicyclic) bond motifs is 1. The van der Waals surface area contributed by atoms with E-state index < -0.39 is 6.36 Å². The number of nitrogens with one attached hydrogen (secondary N) is 1. The Labute approximate surface area is 211 Å². The van der Waals surface area contributed by atoms with E-state index in [9.17, 15) is 27.9 Å². The zero-order valence-corrected chi connectivity index (χ0v) is 20.2. The molecule has 0 unspecified atom stereocenters. The third-order valence-corrected chi connectivity index (χ3v) is 7.41. The predicted molar refractivity (Wildman–Crippen MR) is 129 cm³/mol. The summed E-state index contributed by atoms with van der Waals surface area (Å²) in [6.45, 7) is 0.816. The maximum absolute atomic E-state index is 12.9. The summed E-state index contributed by atoms with van der Waals surface area (Å²) in [5, 5.41) is 10.2. The number of H-pyrrole nitrogens is 1. The molecule has 2 atom stereocenters. The summed E-state index contributed by atoms with van der Waals surface area (Å²) in [7, 11) is 0. The normalized spacial score (nSPS) is 21.7. The van der Waals surface area contributed by atoms with Gasteiger partial charge in [-0.25, -0.2) is 9.78 Å². The van der Waals surface area contributed by atoms with Gasteiger partial charge in [0.1, 0.15) is 5.75 Å². The molecule has 1 saturated carbocycles. The topological polar surface area (TPSA) is 100 Å². The van der Waals surface area contributed by atoms with E-state index in [1.807, 2.05) is 6.07 Å². The average Bonchev–Trinajstić information content (AvgIpc) is 3.03. The van der Waals surface area contributed by atoms with E-state index in [4.69, 9.17) is 0 Å². The Bertz CT molecular complexity index is 1310. The number of benzene rings is 1. The van der Waals surface area contributed by atoms with Crippen molar-refractivity contribution in [1.29, 1.82) is 0 Å². The molecule has 3 aromatic rings. The largest absolute Gasteiger partial charge is 0.573 e. The highest BCUT2D eigenvalue weighted by Gasteiger charge is 2.31. The number of aliphatic hydroxyl groups excluding tert-OH is 1. The van der Waals surface area contributed by atoms with Crippen molar-refractivity contribution in [2.75, 3.05) is 13.1 Å². The van der Waals surface area contributed by atoms with Gasteiger partial charge in [0.05, 0.1) is 11.6 Å². The number of imidazole rings is 1. The van der Waals surface area contributed by atoms with Crippen molar-refractivity contribution in [3.05, 3.63) is 58.1 Å². The van der Waals surface area contributed by atoms with Crippen LogP contribution in [-0.4, -0.2) is 56.0 Å². The van der Waals surface area contributed by atoms with Gasteiger partial charge in [0, 0.05) is 30.9 Å². The van der Waals surface area contributed by atoms with Crippen molar-refractivity contribution < 1.29 is 27.8 Å². The van der Waals surface area contributed by atoms with Crippen LogP contribution in [0.25, 0.3) is 11.2 Å². The van der Waals surface area contributed by atoms with Crippen LogP contribution in [0.1, 0.15) is 72.8 Å². The molecule has 2 aromatic heterocycles. The van der Waals surface area contributed by atoms with Crippen molar-refractivity contribution in [3.8, 4) is 5.75 Å². The maximum atomic E-state index is 12.9. The van der Waals surface area contributed by atoms with Gasteiger partial charge in [0.25, 0.3) is 5.91 Å². The average molecular weight is 519 g/mol. The number of alkyl halides is 3. The summed E-state index contributed by atoms with van der Waals surface area (Å²) in [4.78, 5) is 34.7. The number of piperidine rings is 1. The number of carbonyl (C=O) groups is 1. The summed E-state index contributed by atoms with van der Waals surface area (Å²) >= 11 is 0. The summed E-state index contributed by atoms with van der Waals surface area (Å²) in [5.41, 5.74) is 2.29. The van der Waals surface area contributed by atoms with Crippen LogP contribution < -0.4 is 10.4 Å². The van der Waals surface area contributed by atoms with Gasteiger partial charge < -0.3 is 14.7 Å². The van der Waals surface area contributed by atoms with E-state index in [1.54, 1.807) is 15.7 Å². The molecule has 8 nitrogen and oxygen atoms in total. The van der Waals surface area contributed by atoms with Crippen LogP contribution >= 0.6 is 0 Å². The highest BCUT2D eigenvalue weighted by atomic mass is 19.4. The maximum Gasteiger partial charge on any atom is 0.573 e. The lowest BCUT2D eigenvalue weighted by atomic mass is 9.92. The Balaban J connectivity index is 1.29. The zero-order chi connectivity index (χ0) is 26.2. The zero-order valence-electron chi connectivity index (χ0n) is 20.2. The molecule has 0 spiro atoms. The predicted octanol–water partition coefficient (Wildman–Crippen LogP) is 4.51. The van der Waals surface area contributed by atoms with Crippen LogP contribution in [0.15, 0.2) is 41.3 Å². The first-order chi connectivity index (χ1) is 17.7. The van der Waals surface area contributed by atoms with E-state index in [1.165, 1.54) is 12.1 Å². The second-order valence-corrected chi connectivity index (χ2v) is 9.90. The highest BCUT2D eigenvalue weighted by molar-refractivity contribution is 5.94. The van der Waals surface area contributed by atoms with E-state index in [-0.39, 0.29) is 41.0 Å². The fraction of sp³-hybridized carbons (Fsp3) is 0.500. The third-order valence-electron chi connectivity index (χ3n) is 7.41. The number of aromatic nitrogens is 3. The molecule has 1 saturated heterocycles. The molecule has 1 amide bonds. The molecule has 2 aliphatic rings. The lowest BCUT2D eigenvalue weighted by molar-refractivity contribution is -0.274. The van der Waals surface area contributed by atoms with Crippen LogP contribution in [0, 0.1) is 0 Å². The Morgan fingerprint density at radius 2 is 1.78 bits per heavy atom. The van der Waals surface area contributed by atoms with Gasteiger partial charge in [-0.3, -0.25) is 14.3 Å². The number of nitrogens with zero attached hydrogens (tertiary/aromatic N) is 3. The Morgan fingerprint density at radius 3 is 2.49 bits per heavy atom. The van der Waals surface area contributed by atoms with E-state index in [0.717, 1.165) is 48.9 Å². The smallest absolute Gasteiger partial charge is 0.406 e. The van der Waals surface area contributed by atoms with E-state index in [0.29, 0.717) is 38.0 Å². The first-order valence-electron chi connectivity index (χ1n) is 12.6. The van der Waals surface area contributed by atoms with Crippen molar-refractivity contribution in [2.45, 2.75) is 69.4 Å². The fourth-order valence-electron chi connectivity index (χ4n) is 5.55. The van der Waals surface area contributed by atoms with Gasteiger partial charge in [-0.2, -0.15) is 0 Å². The SMILES string of the molecule is O=C(c1ccc(OC(F)(F)F)cc1)N1CCC(n2c(=O)[nH]c3ncc([C@H]4CCCC[C@@H](O)C4)cc32)CC1. The number of rotatable bonds is 4. The standard InChI is InChI=1S/C26H29F3N4O4/c27-26(28,29)37-21-7-5-16(6-8-21)24(35)32-11-9-19(10-12-32)33-22-14-18(15-30-23(22)31-25(33)36)17-3-1-2-4-20(34)13-17/h5-8,14-15,17,19-20,34H,1-4,9-13H2,(H,30,31,36)/t17-,20+/m0/s1. The molecule has 37 heavy (non-hydrogen) atoms. The minimum atomic E-state index is -4.79. The minimum Gasteiger partial charge on any atom is -0.406 e. The van der Waals surface area contributed by atoms with Crippen LogP contribution in [-0.2, 0) is 0 Å². The van der Waals surface area contributed by atoms with Crippen LogP contribution in [0.4, 0.5) is 13.2 Å². The number of hydrogen-bond acceptors (Lipinski definition) is 5. The number of pyridine rings is 1. The molecule has 0 bridgehead atoms. The van der Waals surface area contributed by atoms with Gasteiger partial charge in [-0.1, -0.05) is 12.8 Å². The Kier molecular flexibility index (Phi) is 6.98. The molecule has 1 aliphatic carbocycles. The molecule has 11 heteroatoms. The van der Waals surface area contributed by atoms with Gasteiger partial charge in [-0.15, -0.1) is 13.2 Å². The molecule has 1 aliphatic heterocycles. The molecule has 2 N–H and O–H groups in total. The number of ether oxygens (including phenoxy) is 1. The fourth-order valence-corrected chi connectivity index (χ4v) is 5.55. The number of aliphatic hydroxyl groups is 1. The van der Waals surface area contributed by atoms with Gasteiger partial charge in [-0.05, 0) is 73.9 Å². The van der Waals surface area contributed by atoms with Crippen molar-refractivity contribution >= 4 is 17.1 Å². The van der Waals surface area contributed by atoms with Crippen molar-refractivity contribution in [1.82, 2.24) is 19.4 Å². The Morgan fingerprint density at radius 1 is 1.08 bits per heavy atom. The molecule has 2 fully saturated rings. The molecular weight excluding hydrogens is 489 g/mol. The lowest BCUT2D eigenvalue weighted by Gasteiger charge is -2.32. The molecular formula is C26H29F3N4O4. The minimum absolute atomic E-state index is 0.121. The summed E-state index contributed by atoms with van der Waals surface area (Å²) in [6.07, 6.45) is 2.30. The summed E-state index contributed by atoms with van der Waals surface area (Å²) in [5.74, 6) is -0.466. The first-order valence-corrected chi connectivity index (χ1v) is 12.6. The molecule has 3 heterocycles. The first kappa shape index (κ1) is 25.3. The number of carbonyl (C=O) groups excluding carboxylic acids is 1. The summed E-state index contributed by atoms with van der Waals surface area (Å²) < 4.78 is 42.7. The Hall–Kier alpha value is -3.34. The summed E-state index contributed by atoms with van der Waals surface area (Å²) in [6, 6.07) is 6.76. The number of amides is 1. The van der Waals surface area contributed by atoms with Gasteiger partial charge in [0.2, 0.25) is 0 Å². The molecule has 198 valence electrons. The molecule has 0 radical (unpaired) electrons.